The summed E-state index contributed by atoms with van der Waals surface area (Å²) in [4.78, 5) is 8.69. The molecule has 0 saturated heterocycles. The molecule has 0 saturated carbocycles. The van der Waals surface area contributed by atoms with Crippen molar-refractivity contribution < 1.29 is 0 Å². The fourth-order valence-corrected chi connectivity index (χ4v) is 2.43. The lowest BCUT2D eigenvalue weighted by molar-refractivity contribution is 0.548. The molecule has 5 nitrogen and oxygen atoms in total. The Bertz CT molecular complexity index is 553. The summed E-state index contributed by atoms with van der Waals surface area (Å²) in [5.74, 6) is 1.66. The van der Waals surface area contributed by atoms with Crippen molar-refractivity contribution in [1.29, 1.82) is 0 Å². The normalized spacial score (nSPS) is 18.8. The van der Waals surface area contributed by atoms with Crippen LogP contribution >= 0.6 is 11.3 Å². The maximum atomic E-state index is 4.45. The third-order valence-corrected chi connectivity index (χ3v) is 3.36. The van der Waals surface area contributed by atoms with Crippen LogP contribution in [0, 0.1) is 6.92 Å². The largest absolute Gasteiger partial charge is 0.300 e. The molecule has 1 aliphatic rings. The summed E-state index contributed by atoms with van der Waals surface area (Å²) in [6.07, 6.45) is 1.77. The second kappa shape index (κ2) is 3.48. The molecular formula is C10H11N5S. The fourth-order valence-electron chi connectivity index (χ4n) is 1.84. The molecule has 6 heteroatoms. The highest BCUT2D eigenvalue weighted by molar-refractivity contribution is 7.09. The van der Waals surface area contributed by atoms with Gasteiger partial charge in [0.2, 0.25) is 0 Å². The average molecular weight is 233 g/mol. The molecule has 16 heavy (non-hydrogen) atoms. The number of hydrogen-bond donors (Lipinski definition) is 0. The van der Waals surface area contributed by atoms with E-state index in [1.807, 2.05) is 12.3 Å². The van der Waals surface area contributed by atoms with Crippen LogP contribution < -0.4 is 0 Å². The van der Waals surface area contributed by atoms with Crippen LogP contribution in [0.2, 0.25) is 0 Å². The molecule has 0 aliphatic carbocycles. The molecule has 0 fully saturated rings. The SMILES string of the molecule is Cc1nc(-c2nnc3n2C(C)CN=C3)cs1. The second-order valence-electron chi connectivity index (χ2n) is 3.85. The highest BCUT2D eigenvalue weighted by Gasteiger charge is 2.21. The van der Waals surface area contributed by atoms with Crippen molar-refractivity contribution in [3.05, 3.63) is 16.2 Å². The Morgan fingerprint density at radius 2 is 2.31 bits per heavy atom. The summed E-state index contributed by atoms with van der Waals surface area (Å²) in [5, 5.41) is 11.4. The van der Waals surface area contributed by atoms with Gasteiger partial charge in [0, 0.05) is 5.38 Å². The van der Waals surface area contributed by atoms with Crippen LogP contribution in [0.15, 0.2) is 10.4 Å². The highest BCUT2D eigenvalue weighted by atomic mass is 32.1. The zero-order chi connectivity index (χ0) is 11.1. The van der Waals surface area contributed by atoms with E-state index in [9.17, 15) is 0 Å². The predicted octanol–water partition coefficient (Wildman–Crippen LogP) is 1.70. The number of aliphatic imine (C=N–C) groups is 1. The van der Waals surface area contributed by atoms with Crippen molar-refractivity contribution in [2.24, 2.45) is 4.99 Å². The number of rotatable bonds is 1. The Balaban J connectivity index is 2.16. The molecule has 1 aliphatic heterocycles. The van der Waals surface area contributed by atoms with Gasteiger partial charge in [0.05, 0.1) is 23.8 Å². The molecule has 2 aromatic heterocycles. The Hall–Kier alpha value is -1.56. The number of aryl methyl sites for hydroxylation is 1. The van der Waals surface area contributed by atoms with Gasteiger partial charge in [0.1, 0.15) is 5.69 Å². The Kier molecular flexibility index (Phi) is 2.10. The minimum atomic E-state index is 0.298. The second-order valence-corrected chi connectivity index (χ2v) is 4.91. The van der Waals surface area contributed by atoms with Crippen LogP contribution in [0.1, 0.15) is 23.8 Å². The lowest BCUT2D eigenvalue weighted by Crippen LogP contribution is -2.17. The first-order valence-corrected chi connectivity index (χ1v) is 6.01. The predicted molar refractivity (Wildman–Crippen MR) is 63.0 cm³/mol. The standard InChI is InChI=1S/C10H11N5S/c1-6-3-11-4-9-13-14-10(15(6)9)8-5-16-7(2)12-8/h4-6H,3H2,1-2H3. The van der Waals surface area contributed by atoms with E-state index in [2.05, 4.69) is 31.7 Å². The number of nitrogens with zero attached hydrogens (tertiary/aromatic N) is 5. The van der Waals surface area contributed by atoms with E-state index in [0.717, 1.165) is 28.9 Å². The number of aromatic nitrogens is 4. The van der Waals surface area contributed by atoms with Gasteiger partial charge in [-0.25, -0.2) is 4.98 Å². The van der Waals surface area contributed by atoms with Gasteiger partial charge in [0.25, 0.3) is 0 Å². The number of hydrogen-bond acceptors (Lipinski definition) is 5. The summed E-state index contributed by atoms with van der Waals surface area (Å²) in [6.45, 7) is 4.89. The van der Waals surface area contributed by atoms with Gasteiger partial charge in [-0.1, -0.05) is 0 Å². The molecular weight excluding hydrogens is 222 g/mol. The van der Waals surface area contributed by atoms with Gasteiger partial charge >= 0.3 is 0 Å². The van der Waals surface area contributed by atoms with E-state index >= 15 is 0 Å². The topological polar surface area (TPSA) is 56.0 Å². The first kappa shape index (κ1) is 9.65. The van der Waals surface area contributed by atoms with E-state index in [1.165, 1.54) is 0 Å². The first-order valence-electron chi connectivity index (χ1n) is 5.13. The molecule has 0 spiro atoms. The van der Waals surface area contributed by atoms with Crippen molar-refractivity contribution in [1.82, 2.24) is 19.7 Å². The molecule has 1 atom stereocenters. The van der Waals surface area contributed by atoms with Crippen LogP contribution in [0.4, 0.5) is 0 Å². The van der Waals surface area contributed by atoms with E-state index in [1.54, 1.807) is 17.6 Å². The maximum Gasteiger partial charge on any atom is 0.184 e. The Labute approximate surface area is 96.9 Å². The number of fused-ring (bicyclic) bond motifs is 1. The van der Waals surface area contributed by atoms with Gasteiger partial charge in [-0.15, -0.1) is 21.5 Å². The molecule has 0 aromatic carbocycles. The van der Waals surface area contributed by atoms with Crippen molar-refractivity contribution in [3.63, 3.8) is 0 Å². The highest BCUT2D eigenvalue weighted by Crippen LogP contribution is 2.25. The monoisotopic (exact) mass is 233 g/mol. The fraction of sp³-hybridized carbons (Fsp3) is 0.400. The van der Waals surface area contributed by atoms with E-state index in [4.69, 9.17) is 0 Å². The molecule has 1 unspecified atom stereocenters. The summed E-state index contributed by atoms with van der Waals surface area (Å²) in [6, 6.07) is 0.298. The quantitative estimate of drug-likeness (QED) is 0.753. The Morgan fingerprint density at radius 3 is 3.06 bits per heavy atom. The molecule has 2 aromatic rings. The zero-order valence-electron chi connectivity index (χ0n) is 9.08. The zero-order valence-corrected chi connectivity index (χ0v) is 9.90. The van der Waals surface area contributed by atoms with Crippen molar-refractivity contribution in [3.8, 4) is 11.5 Å². The average Bonchev–Trinajstić information content (AvgIpc) is 2.84. The van der Waals surface area contributed by atoms with Crippen molar-refractivity contribution in [2.75, 3.05) is 6.54 Å². The van der Waals surface area contributed by atoms with Gasteiger partial charge in [-0.3, -0.25) is 4.99 Å². The van der Waals surface area contributed by atoms with Gasteiger partial charge < -0.3 is 4.57 Å². The van der Waals surface area contributed by atoms with Gasteiger partial charge in [-0.05, 0) is 13.8 Å². The molecule has 0 N–H and O–H groups in total. The van der Waals surface area contributed by atoms with Gasteiger partial charge in [-0.2, -0.15) is 0 Å². The third-order valence-electron chi connectivity index (χ3n) is 2.59. The molecule has 3 rings (SSSR count). The lowest BCUT2D eigenvalue weighted by atomic mass is 10.2. The van der Waals surface area contributed by atoms with Crippen LogP contribution in [0.3, 0.4) is 0 Å². The first-order chi connectivity index (χ1) is 7.75. The summed E-state index contributed by atoms with van der Waals surface area (Å²) in [5.41, 5.74) is 0.906. The smallest absolute Gasteiger partial charge is 0.184 e. The molecule has 3 heterocycles. The van der Waals surface area contributed by atoms with E-state index in [-0.39, 0.29) is 0 Å². The minimum absolute atomic E-state index is 0.298. The lowest BCUT2D eigenvalue weighted by Gasteiger charge is -2.17. The van der Waals surface area contributed by atoms with Crippen molar-refractivity contribution in [2.45, 2.75) is 19.9 Å². The number of thiazole rings is 1. The Morgan fingerprint density at radius 1 is 1.44 bits per heavy atom. The van der Waals surface area contributed by atoms with Gasteiger partial charge in [0.15, 0.2) is 11.6 Å². The summed E-state index contributed by atoms with van der Waals surface area (Å²) in [7, 11) is 0. The minimum Gasteiger partial charge on any atom is -0.300 e. The molecule has 82 valence electrons. The molecule has 0 bridgehead atoms. The van der Waals surface area contributed by atoms with E-state index in [0.29, 0.717) is 6.04 Å². The van der Waals surface area contributed by atoms with E-state index < -0.39 is 0 Å². The summed E-state index contributed by atoms with van der Waals surface area (Å²) >= 11 is 1.63. The summed E-state index contributed by atoms with van der Waals surface area (Å²) < 4.78 is 2.10. The van der Waals surface area contributed by atoms with Crippen LogP contribution in [-0.2, 0) is 0 Å². The third kappa shape index (κ3) is 1.37. The molecule has 0 amide bonds. The molecule has 0 radical (unpaired) electrons. The van der Waals surface area contributed by atoms with Crippen LogP contribution in [0.25, 0.3) is 11.5 Å². The van der Waals surface area contributed by atoms with Crippen LogP contribution in [0.5, 0.6) is 0 Å². The van der Waals surface area contributed by atoms with Crippen LogP contribution in [-0.4, -0.2) is 32.5 Å². The maximum absolute atomic E-state index is 4.45. The van der Waals surface area contributed by atoms with Crippen molar-refractivity contribution >= 4 is 17.6 Å².